The van der Waals surface area contributed by atoms with Crippen LogP contribution in [0.2, 0.25) is 0 Å². The Balaban J connectivity index is 1.92. The van der Waals surface area contributed by atoms with Crippen LogP contribution in [0.15, 0.2) is 109 Å². The van der Waals surface area contributed by atoms with Gasteiger partial charge in [-0.15, -0.1) is 0 Å². The Morgan fingerprint density at radius 1 is 0.600 bits per heavy atom. The first-order valence-corrected chi connectivity index (χ1v) is 10.3. The van der Waals surface area contributed by atoms with E-state index in [-0.39, 0.29) is 22.8 Å². The lowest BCUT2D eigenvalue weighted by Crippen LogP contribution is -2.33. The fourth-order valence-corrected chi connectivity index (χ4v) is 4.37. The predicted octanol–water partition coefficient (Wildman–Crippen LogP) is 6.43. The van der Waals surface area contributed by atoms with Crippen molar-refractivity contribution in [3.05, 3.63) is 131 Å². The SMILES string of the molecule is CC(c1ccc(O)cc1)(c1ccc(O)cc1)C(Cc1ccccc1)c1ccccc1. The molecule has 1 unspecified atom stereocenters. The van der Waals surface area contributed by atoms with E-state index in [1.165, 1.54) is 11.1 Å². The summed E-state index contributed by atoms with van der Waals surface area (Å²) in [6, 6.07) is 36.1. The van der Waals surface area contributed by atoms with Gasteiger partial charge in [0.05, 0.1) is 0 Å². The second-order valence-electron chi connectivity index (χ2n) is 7.95. The van der Waals surface area contributed by atoms with Crippen molar-refractivity contribution >= 4 is 0 Å². The van der Waals surface area contributed by atoms with Crippen LogP contribution in [0.4, 0.5) is 0 Å². The average Bonchev–Trinajstić information content (AvgIpc) is 2.79. The summed E-state index contributed by atoms with van der Waals surface area (Å²) >= 11 is 0. The summed E-state index contributed by atoms with van der Waals surface area (Å²) in [7, 11) is 0. The number of phenolic OH excluding ortho intramolecular Hbond substituents is 2. The van der Waals surface area contributed by atoms with Gasteiger partial charge in [-0.2, -0.15) is 0 Å². The standard InChI is InChI=1S/C28H26O2/c1-28(23-12-16-25(29)17-13-23,24-14-18-26(30)19-15-24)27(22-10-6-3-7-11-22)20-21-8-4-2-5-9-21/h2-19,27,29-30H,20H2,1H3. The van der Waals surface area contributed by atoms with Crippen molar-refractivity contribution in [3.63, 3.8) is 0 Å². The first kappa shape index (κ1) is 19.8. The maximum Gasteiger partial charge on any atom is 0.115 e. The Labute approximate surface area is 178 Å². The molecule has 4 aromatic carbocycles. The van der Waals surface area contributed by atoms with Gasteiger partial charge in [-0.3, -0.25) is 0 Å². The molecule has 0 radical (unpaired) electrons. The van der Waals surface area contributed by atoms with Crippen LogP contribution in [0.1, 0.15) is 35.1 Å². The fourth-order valence-electron chi connectivity index (χ4n) is 4.37. The van der Waals surface area contributed by atoms with Crippen molar-refractivity contribution in [1.29, 1.82) is 0 Å². The first-order chi connectivity index (χ1) is 14.6. The van der Waals surface area contributed by atoms with Gasteiger partial charge in [-0.05, 0) is 52.9 Å². The van der Waals surface area contributed by atoms with Crippen molar-refractivity contribution in [3.8, 4) is 11.5 Å². The summed E-state index contributed by atoms with van der Waals surface area (Å²) in [5.41, 5.74) is 4.39. The number of rotatable bonds is 6. The maximum absolute atomic E-state index is 9.89. The molecule has 0 saturated carbocycles. The van der Waals surface area contributed by atoms with Gasteiger partial charge >= 0.3 is 0 Å². The quantitative estimate of drug-likeness (QED) is 0.395. The Morgan fingerprint density at radius 2 is 1.03 bits per heavy atom. The zero-order valence-corrected chi connectivity index (χ0v) is 17.1. The van der Waals surface area contributed by atoms with Gasteiger partial charge in [0.2, 0.25) is 0 Å². The zero-order valence-electron chi connectivity index (χ0n) is 17.1. The predicted molar refractivity (Wildman–Crippen MR) is 122 cm³/mol. The molecular formula is C28H26O2. The van der Waals surface area contributed by atoms with Crippen LogP contribution in [0, 0.1) is 0 Å². The summed E-state index contributed by atoms with van der Waals surface area (Å²) in [5, 5.41) is 19.8. The number of aromatic hydroxyl groups is 2. The van der Waals surface area contributed by atoms with Crippen molar-refractivity contribution in [2.75, 3.05) is 0 Å². The van der Waals surface area contributed by atoms with Gasteiger partial charge in [0.15, 0.2) is 0 Å². The third-order valence-electron chi connectivity index (χ3n) is 6.12. The van der Waals surface area contributed by atoms with Crippen LogP contribution in [-0.4, -0.2) is 10.2 Å². The second kappa shape index (κ2) is 8.46. The Hall–Kier alpha value is -3.52. The first-order valence-electron chi connectivity index (χ1n) is 10.3. The van der Waals surface area contributed by atoms with Gasteiger partial charge in [0.1, 0.15) is 11.5 Å². The van der Waals surface area contributed by atoms with E-state index < -0.39 is 0 Å². The van der Waals surface area contributed by atoms with Gasteiger partial charge in [-0.1, -0.05) is 91.9 Å². The van der Waals surface area contributed by atoms with Crippen molar-refractivity contribution in [1.82, 2.24) is 0 Å². The minimum atomic E-state index is -0.376. The maximum atomic E-state index is 9.89. The van der Waals surface area contributed by atoms with Crippen LogP contribution < -0.4 is 0 Å². The molecule has 2 heteroatoms. The molecule has 0 aliphatic heterocycles. The van der Waals surface area contributed by atoms with Gasteiger partial charge < -0.3 is 10.2 Å². The monoisotopic (exact) mass is 394 g/mol. The third kappa shape index (κ3) is 3.95. The molecular weight excluding hydrogens is 368 g/mol. The van der Waals surface area contributed by atoms with Crippen LogP contribution >= 0.6 is 0 Å². The largest absolute Gasteiger partial charge is 0.508 e. The molecule has 0 heterocycles. The molecule has 2 N–H and O–H groups in total. The summed E-state index contributed by atoms with van der Waals surface area (Å²) in [6.45, 7) is 2.26. The topological polar surface area (TPSA) is 40.5 Å². The average molecular weight is 395 g/mol. The van der Waals surface area contributed by atoms with E-state index in [9.17, 15) is 10.2 Å². The van der Waals surface area contributed by atoms with E-state index in [1.807, 2.05) is 36.4 Å². The Bertz CT molecular complexity index is 1020. The van der Waals surface area contributed by atoms with Gasteiger partial charge in [0.25, 0.3) is 0 Å². The molecule has 0 fully saturated rings. The van der Waals surface area contributed by atoms with Gasteiger partial charge in [0, 0.05) is 11.3 Å². The molecule has 2 nitrogen and oxygen atoms in total. The molecule has 0 aromatic heterocycles. The zero-order chi connectivity index (χ0) is 21.0. The van der Waals surface area contributed by atoms with Gasteiger partial charge in [-0.25, -0.2) is 0 Å². The highest BCUT2D eigenvalue weighted by molar-refractivity contribution is 5.47. The van der Waals surface area contributed by atoms with E-state index in [1.54, 1.807) is 24.3 Å². The fraction of sp³-hybridized carbons (Fsp3) is 0.143. The molecule has 0 spiro atoms. The summed E-state index contributed by atoms with van der Waals surface area (Å²) < 4.78 is 0. The number of benzene rings is 4. The minimum absolute atomic E-state index is 0.148. The highest BCUT2D eigenvalue weighted by Gasteiger charge is 2.38. The molecule has 1 atom stereocenters. The number of hydrogen-bond acceptors (Lipinski definition) is 2. The van der Waals surface area contributed by atoms with E-state index in [4.69, 9.17) is 0 Å². The number of hydrogen-bond donors (Lipinski definition) is 2. The normalized spacial score (nSPS) is 12.4. The molecule has 30 heavy (non-hydrogen) atoms. The van der Waals surface area contributed by atoms with Crippen molar-refractivity contribution < 1.29 is 10.2 Å². The summed E-state index contributed by atoms with van der Waals surface area (Å²) in [4.78, 5) is 0. The second-order valence-corrected chi connectivity index (χ2v) is 7.95. The smallest absolute Gasteiger partial charge is 0.115 e. The lowest BCUT2D eigenvalue weighted by molar-refractivity contribution is 0.436. The molecule has 4 rings (SSSR count). The van der Waals surface area contributed by atoms with Crippen LogP contribution in [-0.2, 0) is 11.8 Å². The molecule has 0 aliphatic carbocycles. The lowest BCUT2D eigenvalue weighted by atomic mass is 9.63. The molecule has 0 aliphatic rings. The van der Waals surface area contributed by atoms with E-state index >= 15 is 0 Å². The van der Waals surface area contributed by atoms with Crippen LogP contribution in [0.25, 0.3) is 0 Å². The molecule has 4 aromatic rings. The van der Waals surface area contributed by atoms with Crippen LogP contribution in [0.5, 0.6) is 11.5 Å². The highest BCUT2D eigenvalue weighted by Crippen LogP contribution is 2.46. The van der Waals surface area contributed by atoms with Crippen molar-refractivity contribution in [2.24, 2.45) is 0 Å². The lowest BCUT2D eigenvalue weighted by Gasteiger charge is -2.40. The van der Waals surface area contributed by atoms with E-state index in [0.29, 0.717) is 0 Å². The summed E-state index contributed by atoms with van der Waals surface area (Å²) in [5.74, 6) is 0.660. The minimum Gasteiger partial charge on any atom is -0.508 e. The number of phenols is 2. The Kier molecular flexibility index (Phi) is 5.58. The van der Waals surface area contributed by atoms with E-state index in [0.717, 1.165) is 17.5 Å². The summed E-state index contributed by atoms with van der Waals surface area (Å²) in [6.07, 6.45) is 0.864. The highest BCUT2D eigenvalue weighted by atomic mass is 16.3. The molecule has 0 saturated heterocycles. The molecule has 150 valence electrons. The molecule has 0 amide bonds. The molecule has 0 bridgehead atoms. The third-order valence-corrected chi connectivity index (χ3v) is 6.12. The Morgan fingerprint density at radius 3 is 1.50 bits per heavy atom. The van der Waals surface area contributed by atoms with E-state index in [2.05, 4.69) is 55.5 Å². The van der Waals surface area contributed by atoms with Crippen molar-refractivity contribution in [2.45, 2.75) is 24.7 Å². The van der Waals surface area contributed by atoms with Crippen LogP contribution in [0.3, 0.4) is 0 Å².